The van der Waals surface area contributed by atoms with E-state index in [1.165, 1.54) is 62.2 Å². The summed E-state index contributed by atoms with van der Waals surface area (Å²) < 4.78 is 0. The van der Waals surface area contributed by atoms with Crippen molar-refractivity contribution in [2.45, 2.75) is 56.6 Å². The summed E-state index contributed by atoms with van der Waals surface area (Å²) in [5.74, 6) is 0. The summed E-state index contributed by atoms with van der Waals surface area (Å²) in [6, 6.07) is 10.8. The number of hydrogen-bond acceptors (Lipinski definition) is 0. The smallest absolute Gasteiger partial charge is 1.00 e. The normalized spacial score (nSPS) is 10.6. The Hall–Kier alpha value is -0.248. The third-order valence-corrected chi connectivity index (χ3v) is 3.42. The third kappa shape index (κ3) is 7.10. The minimum Gasteiger partial charge on any atom is -1.00 e. The summed E-state index contributed by atoms with van der Waals surface area (Å²) in [4.78, 5) is 0. The molecule has 0 nitrogen and oxygen atoms in total. The Morgan fingerprint density at radius 1 is 0.750 bits per heavy atom. The molecule has 0 aromatic heterocycles. The Bertz CT molecular complexity index is 252. The van der Waals surface area contributed by atoms with E-state index in [1.54, 1.807) is 0 Å². The Labute approximate surface area is 112 Å². The van der Waals surface area contributed by atoms with Crippen molar-refractivity contribution in [1.29, 1.82) is 0 Å². The maximum absolute atomic E-state index is 2.81. The van der Waals surface area contributed by atoms with Crippen molar-refractivity contribution in [2.75, 3.05) is 0 Å². The second kappa shape index (κ2) is 9.94. The summed E-state index contributed by atoms with van der Waals surface area (Å²) in [6.45, 7) is 0. The number of unbranched alkanes of at least 4 members (excludes halogenated alkanes) is 6. The first-order valence-corrected chi connectivity index (χ1v) is 7.49. The van der Waals surface area contributed by atoms with Gasteiger partial charge in [-0.2, -0.15) is 0 Å². The van der Waals surface area contributed by atoms with Crippen molar-refractivity contribution < 1.29 is 2.85 Å². The molecule has 0 aliphatic carbocycles. The molecule has 0 fully saturated rings. The van der Waals surface area contributed by atoms with E-state index in [9.17, 15) is 0 Å². The summed E-state index contributed by atoms with van der Waals surface area (Å²) in [6.07, 6.45) is 11.1. The van der Waals surface area contributed by atoms with Crippen molar-refractivity contribution in [3.8, 4) is 0 Å². The molecule has 0 radical (unpaired) electrons. The summed E-state index contributed by atoms with van der Waals surface area (Å²) in [5, 5.41) is 1.27. The molecule has 0 saturated heterocycles. The van der Waals surface area contributed by atoms with E-state index in [1.807, 2.05) is 0 Å². The van der Waals surface area contributed by atoms with Gasteiger partial charge in [-0.3, -0.25) is 0 Å². The van der Waals surface area contributed by atoms with Gasteiger partial charge in [-0.25, -0.2) is 0 Å². The molecular formula is C15H25Al. The van der Waals surface area contributed by atoms with E-state index in [2.05, 4.69) is 46.6 Å². The number of hydrogen-bond donors (Lipinski definition) is 0. The SMILES string of the molecule is [Al+2][CH2]CCCCCCCCc1ccccc1.[H-].[H-]. The summed E-state index contributed by atoms with van der Waals surface area (Å²) in [5.41, 5.74) is 1.49. The van der Waals surface area contributed by atoms with Crippen molar-refractivity contribution in [3.63, 3.8) is 0 Å². The molecule has 0 N–H and O–H groups in total. The van der Waals surface area contributed by atoms with E-state index in [4.69, 9.17) is 0 Å². The van der Waals surface area contributed by atoms with Crippen LogP contribution in [0.5, 0.6) is 0 Å². The van der Waals surface area contributed by atoms with Crippen LogP contribution in [0.4, 0.5) is 0 Å². The minimum atomic E-state index is 0. The number of benzene rings is 1. The van der Waals surface area contributed by atoms with Crippen LogP contribution in [0.15, 0.2) is 30.3 Å². The van der Waals surface area contributed by atoms with Crippen molar-refractivity contribution in [3.05, 3.63) is 35.9 Å². The second-order valence-corrected chi connectivity index (χ2v) is 5.08. The molecule has 0 spiro atoms. The molecule has 0 amide bonds. The van der Waals surface area contributed by atoms with Gasteiger partial charge in [-0.05, 0) is 0 Å². The fourth-order valence-electron chi connectivity index (χ4n) is 2.00. The van der Waals surface area contributed by atoms with E-state index < -0.39 is 0 Å². The quantitative estimate of drug-likeness (QED) is 0.425. The van der Waals surface area contributed by atoms with E-state index in [0.717, 1.165) is 0 Å². The predicted molar refractivity (Wildman–Crippen MR) is 75.3 cm³/mol. The van der Waals surface area contributed by atoms with Gasteiger partial charge in [0.2, 0.25) is 0 Å². The average molecular weight is 232 g/mol. The van der Waals surface area contributed by atoms with Gasteiger partial charge in [0.25, 0.3) is 0 Å². The topological polar surface area (TPSA) is 0 Å². The molecule has 1 aromatic rings. The molecule has 0 heterocycles. The number of aryl methyl sites for hydroxylation is 1. The Balaban J connectivity index is 0. The van der Waals surface area contributed by atoms with Gasteiger partial charge in [0.1, 0.15) is 0 Å². The molecule has 1 heteroatoms. The van der Waals surface area contributed by atoms with Gasteiger partial charge in [0.05, 0.1) is 0 Å². The van der Waals surface area contributed by atoms with E-state index in [-0.39, 0.29) is 2.85 Å². The molecule has 1 aromatic carbocycles. The van der Waals surface area contributed by atoms with E-state index >= 15 is 0 Å². The first-order chi connectivity index (χ1) is 7.93. The zero-order chi connectivity index (χ0) is 11.5. The van der Waals surface area contributed by atoms with Gasteiger partial charge in [0, 0.05) is 0 Å². The van der Waals surface area contributed by atoms with Crippen LogP contribution in [-0.2, 0) is 6.42 Å². The van der Waals surface area contributed by atoms with E-state index in [0.29, 0.717) is 0 Å². The first-order valence-electron chi connectivity index (χ1n) is 6.67. The first kappa shape index (κ1) is 13.8. The monoisotopic (exact) mass is 232 g/mol. The molecule has 0 aliphatic heterocycles. The zero-order valence-corrected chi connectivity index (χ0v) is 11.5. The fourth-order valence-corrected chi connectivity index (χ4v) is 2.29. The van der Waals surface area contributed by atoms with Gasteiger partial charge >= 0.3 is 103 Å². The van der Waals surface area contributed by atoms with Crippen LogP contribution in [0.25, 0.3) is 0 Å². The minimum absolute atomic E-state index is 0. The van der Waals surface area contributed by atoms with Crippen LogP contribution in [-0.4, -0.2) is 16.3 Å². The Kier molecular flexibility index (Phi) is 8.58. The molecule has 0 bridgehead atoms. The van der Waals surface area contributed by atoms with Gasteiger partial charge in [0.15, 0.2) is 0 Å². The van der Waals surface area contributed by atoms with Crippen LogP contribution in [0.1, 0.15) is 53.4 Å². The van der Waals surface area contributed by atoms with Gasteiger partial charge in [-0.15, -0.1) is 0 Å². The van der Waals surface area contributed by atoms with Crippen molar-refractivity contribution >= 4 is 16.3 Å². The molecule has 0 saturated carbocycles. The Morgan fingerprint density at radius 3 is 1.94 bits per heavy atom. The predicted octanol–water partition coefficient (Wildman–Crippen LogP) is 4.77. The molecular weight excluding hydrogens is 207 g/mol. The van der Waals surface area contributed by atoms with Crippen LogP contribution in [0.2, 0.25) is 5.28 Å². The number of rotatable bonds is 9. The van der Waals surface area contributed by atoms with Crippen molar-refractivity contribution in [2.24, 2.45) is 0 Å². The van der Waals surface area contributed by atoms with Crippen molar-refractivity contribution in [1.82, 2.24) is 0 Å². The third-order valence-electron chi connectivity index (χ3n) is 3.01. The molecule has 0 aliphatic rings. The fraction of sp³-hybridized carbons (Fsp3) is 0.600. The maximum atomic E-state index is 2.81. The average Bonchev–Trinajstić information content (AvgIpc) is 2.34. The molecule has 0 atom stereocenters. The van der Waals surface area contributed by atoms with Crippen LogP contribution in [0, 0.1) is 0 Å². The summed E-state index contributed by atoms with van der Waals surface area (Å²) in [7, 11) is 0. The molecule has 88 valence electrons. The summed E-state index contributed by atoms with van der Waals surface area (Å²) >= 11 is 2.81. The van der Waals surface area contributed by atoms with Crippen LogP contribution in [0.3, 0.4) is 0 Å². The molecule has 1 rings (SSSR count). The zero-order valence-electron chi connectivity index (χ0n) is 12.3. The van der Waals surface area contributed by atoms with Crippen LogP contribution < -0.4 is 0 Å². The molecule has 0 unspecified atom stereocenters. The standard InChI is InChI=1S/C15H23.Al.2H/c1-2-3-4-5-6-7-9-12-15-13-10-8-11-14-15;;;/h8,10-11,13-14H,1-7,9,12H2;;;/q;+2;2*-1. The maximum Gasteiger partial charge on any atom is -1.00 e. The largest absolute Gasteiger partial charge is 1.00 e. The van der Waals surface area contributed by atoms with Gasteiger partial charge in [-0.1, -0.05) is 6.07 Å². The molecule has 16 heavy (non-hydrogen) atoms. The van der Waals surface area contributed by atoms with Crippen LogP contribution >= 0.6 is 0 Å². The van der Waals surface area contributed by atoms with Gasteiger partial charge < -0.3 is 2.85 Å². The second-order valence-electron chi connectivity index (χ2n) is 4.50. The Morgan fingerprint density at radius 2 is 1.31 bits per heavy atom.